The molecule has 0 aliphatic heterocycles. The van der Waals surface area contributed by atoms with Gasteiger partial charge in [0.15, 0.2) is 0 Å². The standard InChI is InChI=1S/C18H21NO2S/c1-14(2)18(13-16-7-5-4-6-8-16)19-22(20,21)17-11-9-15(3)10-12-17/h4-12,18-19H,1,13H2,2-3H3/t18-/m0/s1. The van der Waals surface area contributed by atoms with Crippen molar-refractivity contribution in [2.45, 2.75) is 31.2 Å². The summed E-state index contributed by atoms with van der Waals surface area (Å²) in [5.74, 6) is 0. The molecule has 1 atom stereocenters. The van der Waals surface area contributed by atoms with Crippen molar-refractivity contribution in [3.05, 3.63) is 77.9 Å². The zero-order valence-corrected chi connectivity index (χ0v) is 13.7. The Labute approximate surface area is 132 Å². The average molecular weight is 315 g/mol. The van der Waals surface area contributed by atoms with Gasteiger partial charge in [-0.25, -0.2) is 13.1 Å². The van der Waals surface area contributed by atoms with Gasteiger partial charge in [0.1, 0.15) is 0 Å². The summed E-state index contributed by atoms with van der Waals surface area (Å²) in [7, 11) is -3.55. The summed E-state index contributed by atoms with van der Waals surface area (Å²) in [4.78, 5) is 0.275. The van der Waals surface area contributed by atoms with Crippen molar-refractivity contribution in [1.29, 1.82) is 0 Å². The van der Waals surface area contributed by atoms with Crippen molar-refractivity contribution in [2.75, 3.05) is 0 Å². The Hall–Kier alpha value is -1.91. The predicted octanol–water partition coefficient (Wildman–Crippen LogP) is 3.46. The number of nitrogens with one attached hydrogen (secondary N) is 1. The summed E-state index contributed by atoms with van der Waals surface area (Å²) >= 11 is 0. The third kappa shape index (κ3) is 4.29. The largest absolute Gasteiger partial charge is 0.241 e. The molecule has 0 saturated heterocycles. The Kier molecular flexibility index (Phi) is 5.16. The molecule has 3 nitrogen and oxygen atoms in total. The fraction of sp³-hybridized carbons (Fsp3) is 0.222. The normalized spacial score (nSPS) is 12.8. The second-order valence-electron chi connectivity index (χ2n) is 5.52. The van der Waals surface area contributed by atoms with Gasteiger partial charge >= 0.3 is 0 Å². The van der Waals surface area contributed by atoms with Gasteiger partial charge in [0, 0.05) is 6.04 Å². The SMILES string of the molecule is C=C(C)[C@H](Cc1ccccc1)NS(=O)(=O)c1ccc(C)cc1. The van der Waals surface area contributed by atoms with E-state index in [1.54, 1.807) is 24.3 Å². The van der Waals surface area contributed by atoms with Gasteiger partial charge in [-0.2, -0.15) is 0 Å². The van der Waals surface area contributed by atoms with Gasteiger partial charge in [-0.15, -0.1) is 0 Å². The lowest BCUT2D eigenvalue weighted by Gasteiger charge is -2.19. The zero-order valence-electron chi connectivity index (χ0n) is 12.9. The van der Waals surface area contributed by atoms with E-state index in [1.165, 1.54) is 0 Å². The maximum atomic E-state index is 12.5. The minimum absolute atomic E-state index is 0.275. The van der Waals surface area contributed by atoms with E-state index in [9.17, 15) is 8.42 Å². The zero-order chi connectivity index (χ0) is 16.2. The molecule has 22 heavy (non-hydrogen) atoms. The van der Waals surface area contributed by atoms with E-state index >= 15 is 0 Å². The molecule has 0 amide bonds. The Bertz CT molecular complexity index is 734. The van der Waals surface area contributed by atoms with Crippen LogP contribution in [0.2, 0.25) is 0 Å². The van der Waals surface area contributed by atoms with Gasteiger partial charge in [-0.3, -0.25) is 0 Å². The fourth-order valence-corrected chi connectivity index (χ4v) is 3.43. The van der Waals surface area contributed by atoms with E-state index in [-0.39, 0.29) is 10.9 Å². The second kappa shape index (κ2) is 6.90. The van der Waals surface area contributed by atoms with Gasteiger partial charge in [-0.1, -0.05) is 60.2 Å². The molecular formula is C18H21NO2S. The molecule has 116 valence electrons. The van der Waals surface area contributed by atoms with Crippen molar-refractivity contribution >= 4 is 10.0 Å². The van der Waals surface area contributed by atoms with Crippen LogP contribution in [0, 0.1) is 6.92 Å². The molecule has 0 fully saturated rings. The van der Waals surface area contributed by atoms with Crippen LogP contribution in [0.4, 0.5) is 0 Å². The highest BCUT2D eigenvalue weighted by Crippen LogP contribution is 2.15. The molecule has 0 aliphatic carbocycles. The third-order valence-corrected chi connectivity index (χ3v) is 4.99. The van der Waals surface area contributed by atoms with Gasteiger partial charge < -0.3 is 0 Å². The van der Waals surface area contributed by atoms with Crippen LogP contribution in [0.5, 0.6) is 0 Å². The highest BCUT2D eigenvalue weighted by Gasteiger charge is 2.20. The number of benzene rings is 2. The van der Waals surface area contributed by atoms with E-state index in [1.807, 2.05) is 44.2 Å². The molecule has 0 heterocycles. The summed E-state index contributed by atoms with van der Waals surface area (Å²) in [6.07, 6.45) is 0.585. The van der Waals surface area contributed by atoms with Crippen LogP contribution in [0.15, 0.2) is 71.6 Å². The number of aryl methyl sites for hydroxylation is 1. The lowest BCUT2D eigenvalue weighted by atomic mass is 10.0. The molecule has 2 rings (SSSR count). The Morgan fingerprint density at radius 3 is 2.23 bits per heavy atom. The van der Waals surface area contributed by atoms with Crippen molar-refractivity contribution in [3.63, 3.8) is 0 Å². The number of hydrogen-bond acceptors (Lipinski definition) is 2. The topological polar surface area (TPSA) is 46.2 Å². The van der Waals surface area contributed by atoms with Gasteiger partial charge in [-0.05, 0) is 38.0 Å². The third-order valence-electron chi connectivity index (χ3n) is 3.51. The van der Waals surface area contributed by atoms with Crippen LogP contribution >= 0.6 is 0 Å². The van der Waals surface area contributed by atoms with E-state index in [0.29, 0.717) is 6.42 Å². The number of rotatable bonds is 6. The van der Waals surface area contributed by atoms with Crippen LogP contribution in [0.25, 0.3) is 0 Å². The molecule has 0 aromatic heterocycles. The summed E-state index contributed by atoms with van der Waals surface area (Å²) in [6.45, 7) is 7.68. The summed E-state index contributed by atoms with van der Waals surface area (Å²) in [5.41, 5.74) is 2.89. The van der Waals surface area contributed by atoms with Crippen LogP contribution in [0.3, 0.4) is 0 Å². The molecular weight excluding hydrogens is 294 g/mol. The smallest absolute Gasteiger partial charge is 0.207 e. The van der Waals surface area contributed by atoms with Crippen molar-refractivity contribution in [1.82, 2.24) is 4.72 Å². The molecule has 0 saturated carbocycles. The Morgan fingerprint density at radius 2 is 1.68 bits per heavy atom. The molecule has 0 bridgehead atoms. The first-order chi connectivity index (χ1) is 10.4. The van der Waals surface area contributed by atoms with E-state index in [0.717, 1.165) is 16.7 Å². The fourth-order valence-electron chi connectivity index (χ4n) is 2.14. The number of hydrogen-bond donors (Lipinski definition) is 1. The summed E-state index contributed by atoms with van der Waals surface area (Å²) in [6, 6.07) is 16.3. The first-order valence-corrected chi connectivity index (χ1v) is 8.65. The van der Waals surface area contributed by atoms with Crippen LogP contribution in [0.1, 0.15) is 18.1 Å². The van der Waals surface area contributed by atoms with Gasteiger partial charge in [0.05, 0.1) is 4.90 Å². The molecule has 1 N–H and O–H groups in total. The molecule has 0 spiro atoms. The monoisotopic (exact) mass is 315 g/mol. The molecule has 0 aliphatic rings. The average Bonchev–Trinajstić information content (AvgIpc) is 2.48. The predicted molar refractivity (Wildman–Crippen MR) is 90.2 cm³/mol. The highest BCUT2D eigenvalue weighted by molar-refractivity contribution is 7.89. The Balaban J connectivity index is 2.20. The van der Waals surface area contributed by atoms with Crippen LogP contribution < -0.4 is 4.72 Å². The summed E-state index contributed by atoms with van der Waals surface area (Å²) in [5, 5.41) is 0. The maximum Gasteiger partial charge on any atom is 0.241 e. The van der Waals surface area contributed by atoms with Crippen molar-refractivity contribution < 1.29 is 8.42 Å². The lowest BCUT2D eigenvalue weighted by molar-refractivity contribution is 0.565. The van der Waals surface area contributed by atoms with E-state index in [4.69, 9.17) is 0 Å². The lowest BCUT2D eigenvalue weighted by Crippen LogP contribution is -2.37. The first kappa shape index (κ1) is 16.5. The number of sulfonamides is 1. The quantitative estimate of drug-likeness (QED) is 0.830. The first-order valence-electron chi connectivity index (χ1n) is 7.17. The molecule has 2 aromatic rings. The van der Waals surface area contributed by atoms with E-state index < -0.39 is 10.0 Å². The van der Waals surface area contributed by atoms with Crippen molar-refractivity contribution in [2.24, 2.45) is 0 Å². The second-order valence-corrected chi connectivity index (χ2v) is 7.24. The maximum absolute atomic E-state index is 12.5. The van der Waals surface area contributed by atoms with Crippen LogP contribution in [-0.2, 0) is 16.4 Å². The minimum atomic E-state index is -3.55. The van der Waals surface area contributed by atoms with Gasteiger partial charge in [0.25, 0.3) is 0 Å². The van der Waals surface area contributed by atoms with Crippen LogP contribution in [-0.4, -0.2) is 14.5 Å². The minimum Gasteiger partial charge on any atom is -0.207 e. The summed E-state index contributed by atoms with van der Waals surface area (Å²) < 4.78 is 27.7. The van der Waals surface area contributed by atoms with Crippen molar-refractivity contribution in [3.8, 4) is 0 Å². The molecule has 2 aromatic carbocycles. The molecule has 0 unspecified atom stereocenters. The van der Waals surface area contributed by atoms with Gasteiger partial charge in [0.2, 0.25) is 10.0 Å². The highest BCUT2D eigenvalue weighted by atomic mass is 32.2. The molecule has 0 radical (unpaired) electrons. The van der Waals surface area contributed by atoms with E-state index in [2.05, 4.69) is 11.3 Å². The Morgan fingerprint density at radius 1 is 1.09 bits per heavy atom. The molecule has 4 heteroatoms.